The number of hydrogen-bond donors (Lipinski definition) is 2. The van der Waals surface area contributed by atoms with Crippen LogP contribution in [0.4, 0.5) is 13.2 Å². The Morgan fingerprint density at radius 1 is 1.22 bits per heavy atom. The number of alkyl halides is 3. The molecule has 1 rings (SSSR count). The minimum Gasteiger partial charge on any atom is -0.395 e. The summed E-state index contributed by atoms with van der Waals surface area (Å²) in [5, 5.41) is 8.78. The summed E-state index contributed by atoms with van der Waals surface area (Å²) in [5.41, 5.74) is 7.11. The summed E-state index contributed by atoms with van der Waals surface area (Å²) in [7, 11) is 0. The summed E-state index contributed by atoms with van der Waals surface area (Å²) < 4.78 is 37.0. The fourth-order valence-corrected chi connectivity index (χ4v) is 1.72. The van der Waals surface area contributed by atoms with Gasteiger partial charge in [-0.05, 0) is 11.1 Å². The summed E-state index contributed by atoms with van der Waals surface area (Å²) in [5.74, 6) is 0. The highest BCUT2D eigenvalue weighted by Crippen LogP contribution is 2.18. The van der Waals surface area contributed by atoms with Gasteiger partial charge >= 0.3 is 6.18 Å². The van der Waals surface area contributed by atoms with Gasteiger partial charge in [-0.15, -0.1) is 0 Å². The van der Waals surface area contributed by atoms with Crippen LogP contribution in [0.25, 0.3) is 0 Å². The van der Waals surface area contributed by atoms with Gasteiger partial charge in [0.05, 0.1) is 13.2 Å². The number of benzene rings is 1. The van der Waals surface area contributed by atoms with E-state index in [1.165, 1.54) is 0 Å². The Kier molecular flexibility index (Phi) is 5.58. The summed E-state index contributed by atoms with van der Waals surface area (Å²) in [6.07, 6.45) is -4.26. The lowest BCUT2D eigenvalue weighted by molar-refractivity contribution is -0.147. The lowest BCUT2D eigenvalue weighted by atomic mass is 10.1. The van der Waals surface area contributed by atoms with Crippen LogP contribution in [0.2, 0.25) is 0 Å². The largest absolute Gasteiger partial charge is 0.401 e. The highest BCUT2D eigenvalue weighted by Gasteiger charge is 2.30. The van der Waals surface area contributed by atoms with Crippen LogP contribution < -0.4 is 5.73 Å². The molecule has 0 unspecified atom stereocenters. The third-order valence-corrected chi connectivity index (χ3v) is 2.45. The molecule has 3 N–H and O–H groups in total. The number of aliphatic hydroxyl groups excluding tert-OH is 1. The van der Waals surface area contributed by atoms with Crippen LogP contribution in [-0.2, 0) is 13.1 Å². The zero-order chi connectivity index (χ0) is 13.6. The van der Waals surface area contributed by atoms with Gasteiger partial charge in [-0.1, -0.05) is 24.3 Å². The summed E-state index contributed by atoms with van der Waals surface area (Å²) in [4.78, 5) is 1.16. The molecule has 1 aromatic rings. The molecule has 0 aliphatic heterocycles. The molecule has 1 aromatic carbocycles. The summed E-state index contributed by atoms with van der Waals surface area (Å²) in [6.45, 7) is -0.833. The number of nitrogens with zero attached hydrogens (tertiary/aromatic N) is 1. The van der Waals surface area contributed by atoms with Gasteiger partial charge in [-0.2, -0.15) is 13.2 Å². The average Bonchev–Trinajstić information content (AvgIpc) is 2.27. The van der Waals surface area contributed by atoms with Crippen LogP contribution >= 0.6 is 0 Å². The third-order valence-electron chi connectivity index (χ3n) is 2.45. The van der Waals surface area contributed by atoms with Crippen molar-refractivity contribution < 1.29 is 18.3 Å². The van der Waals surface area contributed by atoms with E-state index < -0.39 is 12.7 Å². The Labute approximate surface area is 104 Å². The molecule has 0 saturated heterocycles. The maximum atomic E-state index is 12.3. The third kappa shape index (κ3) is 5.48. The molecule has 3 nitrogen and oxygen atoms in total. The van der Waals surface area contributed by atoms with Crippen LogP contribution in [0.5, 0.6) is 0 Å². The van der Waals surface area contributed by atoms with E-state index in [-0.39, 0.29) is 19.7 Å². The SMILES string of the molecule is NCc1cccc(CN(CCO)CC(F)(F)F)c1. The van der Waals surface area contributed by atoms with Crippen molar-refractivity contribution in [1.82, 2.24) is 4.90 Å². The predicted octanol–water partition coefficient (Wildman–Crippen LogP) is 1.50. The Morgan fingerprint density at radius 3 is 2.44 bits per heavy atom. The van der Waals surface area contributed by atoms with Crippen LogP contribution in [0.15, 0.2) is 24.3 Å². The smallest absolute Gasteiger partial charge is 0.395 e. The van der Waals surface area contributed by atoms with Gasteiger partial charge in [0, 0.05) is 19.6 Å². The topological polar surface area (TPSA) is 49.5 Å². The van der Waals surface area contributed by atoms with Crippen molar-refractivity contribution >= 4 is 0 Å². The number of rotatable bonds is 6. The van der Waals surface area contributed by atoms with Gasteiger partial charge in [0.2, 0.25) is 0 Å². The summed E-state index contributed by atoms with van der Waals surface area (Å²) in [6, 6.07) is 7.12. The van der Waals surface area contributed by atoms with Crippen LogP contribution in [0, 0.1) is 0 Å². The quantitative estimate of drug-likeness (QED) is 0.817. The molecular formula is C12H17F3N2O. The van der Waals surface area contributed by atoms with E-state index in [0.29, 0.717) is 6.54 Å². The van der Waals surface area contributed by atoms with Crippen LogP contribution in [-0.4, -0.2) is 35.9 Å². The van der Waals surface area contributed by atoms with Crippen molar-refractivity contribution in [3.05, 3.63) is 35.4 Å². The first-order valence-corrected chi connectivity index (χ1v) is 5.62. The number of nitrogens with two attached hydrogens (primary N) is 1. The van der Waals surface area contributed by atoms with E-state index in [1.807, 2.05) is 6.07 Å². The molecule has 6 heteroatoms. The highest BCUT2D eigenvalue weighted by molar-refractivity contribution is 5.23. The molecule has 0 spiro atoms. The van der Waals surface area contributed by atoms with E-state index in [1.54, 1.807) is 18.2 Å². The van der Waals surface area contributed by atoms with Crippen molar-refractivity contribution in [3.63, 3.8) is 0 Å². The van der Waals surface area contributed by atoms with Crippen molar-refractivity contribution in [3.8, 4) is 0 Å². The molecule has 0 heterocycles. The zero-order valence-electron chi connectivity index (χ0n) is 9.95. The normalized spacial score (nSPS) is 12.1. The van der Waals surface area contributed by atoms with Crippen molar-refractivity contribution in [2.24, 2.45) is 5.73 Å². The molecule has 0 amide bonds. The van der Waals surface area contributed by atoms with Crippen LogP contribution in [0.3, 0.4) is 0 Å². The lowest BCUT2D eigenvalue weighted by Gasteiger charge is -2.22. The Morgan fingerprint density at radius 2 is 1.89 bits per heavy atom. The zero-order valence-corrected chi connectivity index (χ0v) is 9.95. The number of hydrogen-bond acceptors (Lipinski definition) is 3. The van der Waals surface area contributed by atoms with Crippen LogP contribution in [0.1, 0.15) is 11.1 Å². The second-order valence-electron chi connectivity index (χ2n) is 4.07. The van der Waals surface area contributed by atoms with E-state index in [9.17, 15) is 13.2 Å². The fourth-order valence-electron chi connectivity index (χ4n) is 1.72. The minimum atomic E-state index is -4.26. The maximum absolute atomic E-state index is 12.3. The Hall–Kier alpha value is -1.11. The monoisotopic (exact) mass is 262 g/mol. The molecule has 0 radical (unpaired) electrons. The van der Waals surface area contributed by atoms with Crippen molar-refractivity contribution in [2.75, 3.05) is 19.7 Å². The van der Waals surface area contributed by atoms with E-state index in [0.717, 1.165) is 16.0 Å². The standard InChI is InChI=1S/C12H17F3N2O/c13-12(14,15)9-17(4-5-18)8-11-3-1-2-10(6-11)7-16/h1-3,6,18H,4-5,7-9,16H2. The second-order valence-corrected chi connectivity index (χ2v) is 4.07. The second kappa shape index (κ2) is 6.72. The fraction of sp³-hybridized carbons (Fsp3) is 0.500. The average molecular weight is 262 g/mol. The maximum Gasteiger partial charge on any atom is 0.401 e. The van der Waals surface area contributed by atoms with Gasteiger partial charge in [-0.3, -0.25) is 4.90 Å². The Bertz CT molecular complexity index is 369. The van der Waals surface area contributed by atoms with Gasteiger partial charge in [0.15, 0.2) is 0 Å². The molecule has 0 fully saturated rings. The Balaban J connectivity index is 2.69. The minimum absolute atomic E-state index is 0.00758. The number of halogens is 3. The first-order chi connectivity index (χ1) is 8.44. The van der Waals surface area contributed by atoms with Crippen molar-refractivity contribution in [2.45, 2.75) is 19.3 Å². The molecule has 18 heavy (non-hydrogen) atoms. The number of aliphatic hydroxyl groups is 1. The molecule has 102 valence electrons. The molecule has 0 aromatic heterocycles. The van der Waals surface area contributed by atoms with E-state index in [4.69, 9.17) is 10.8 Å². The molecule has 0 aliphatic carbocycles. The molecule has 0 saturated carbocycles. The van der Waals surface area contributed by atoms with Crippen molar-refractivity contribution in [1.29, 1.82) is 0 Å². The first-order valence-electron chi connectivity index (χ1n) is 5.62. The summed E-state index contributed by atoms with van der Waals surface area (Å²) >= 11 is 0. The molecule has 0 atom stereocenters. The highest BCUT2D eigenvalue weighted by atomic mass is 19.4. The molecular weight excluding hydrogens is 245 g/mol. The van der Waals surface area contributed by atoms with Gasteiger partial charge in [0.25, 0.3) is 0 Å². The van der Waals surface area contributed by atoms with Gasteiger partial charge < -0.3 is 10.8 Å². The first kappa shape index (κ1) is 14.9. The van der Waals surface area contributed by atoms with Gasteiger partial charge in [-0.25, -0.2) is 0 Å². The molecule has 0 aliphatic rings. The lowest BCUT2D eigenvalue weighted by Crippen LogP contribution is -2.35. The van der Waals surface area contributed by atoms with E-state index in [2.05, 4.69) is 0 Å². The predicted molar refractivity (Wildman–Crippen MR) is 62.8 cm³/mol. The van der Waals surface area contributed by atoms with Gasteiger partial charge in [0.1, 0.15) is 0 Å². The van der Waals surface area contributed by atoms with E-state index >= 15 is 0 Å². The molecule has 0 bridgehead atoms.